The van der Waals surface area contributed by atoms with Crippen molar-refractivity contribution in [1.82, 2.24) is 4.90 Å². The minimum Gasteiger partial charge on any atom is -0.352 e. The van der Waals surface area contributed by atoms with E-state index in [0.29, 0.717) is 6.07 Å². The van der Waals surface area contributed by atoms with Gasteiger partial charge in [-0.3, -0.25) is 5.41 Å². The molecule has 2 nitrogen and oxygen atoms in total. The predicted molar refractivity (Wildman–Crippen MR) is 65.3 cm³/mol. The SMILES string of the molecule is CC(C)N(C(=N)c1cc(F)c(F)cc1F)C(C)C. The summed E-state index contributed by atoms with van der Waals surface area (Å²) in [5.41, 5.74) is -0.226. The van der Waals surface area contributed by atoms with E-state index in [1.165, 1.54) is 0 Å². The summed E-state index contributed by atoms with van der Waals surface area (Å²) in [5, 5.41) is 7.95. The summed E-state index contributed by atoms with van der Waals surface area (Å²) in [7, 11) is 0. The van der Waals surface area contributed by atoms with Crippen molar-refractivity contribution in [1.29, 1.82) is 5.41 Å². The van der Waals surface area contributed by atoms with E-state index in [1.54, 1.807) is 4.90 Å². The minimum atomic E-state index is -1.25. The van der Waals surface area contributed by atoms with Crippen LogP contribution in [0.5, 0.6) is 0 Å². The normalized spacial score (nSPS) is 11.2. The lowest BCUT2D eigenvalue weighted by Crippen LogP contribution is -2.42. The molecule has 0 spiro atoms. The van der Waals surface area contributed by atoms with E-state index in [4.69, 9.17) is 5.41 Å². The van der Waals surface area contributed by atoms with Crippen LogP contribution in [0.25, 0.3) is 0 Å². The van der Waals surface area contributed by atoms with Crippen LogP contribution in [0.1, 0.15) is 33.3 Å². The van der Waals surface area contributed by atoms with Gasteiger partial charge >= 0.3 is 0 Å². The van der Waals surface area contributed by atoms with E-state index in [9.17, 15) is 13.2 Å². The quantitative estimate of drug-likeness (QED) is 0.501. The van der Waals surface area contributed by atoms with E-state index in [0.717, 1.165) is 6.07 Å². The molecular weight excluding hydrogens is 241 g/mol. The van der Waals surface area contributed by atoms with Crippen molar-refractivity contribution < 1.29 is 13.2 Å². The van der Waals surface area contributed by atoms with Gasteiger partial charge in [0, 0.05) is 18.2 Å². The predicted octanol–water partition coefficient (Wildman–Crippen LogP) is 3.55. The first-order valence-electron chi connectivity index (χ1n) is 5.77. The largest absolute Gasteiger partial charge is 0.352 e. The van der Waals surface area contributed by atoms with Crippen molar-refractivity contribution in [2.24, 2.45) is 0 Å². The highest BCUT2D eigenvalue weighted by molar-refractivity contribution is 5.97. The molecule has 1 rings (SSSR count). The van der Waals surface area contributed by atoms with Crippen molar-refractivity contribution in [3.05, 3.63) is 35.1 Å². The van der Waals surface area contributed by atoms with Gasteiger partial charge in [0.1, 0.15) is 11.7 Å². The van der Waals surface area contributed by atoms with E-state index >= 15 is 0 Å². The second-order valence-electron chi connectivity index (χ2n) is 4.69. The Morgan fingerprint density at radius 2 is 1.39 bits per heavy atom. The van der Waals surface area contributed by atoms with Crippen molar-refractivity contribution in [2.45, 2.75) is 39.8 Å². The highest BCUT2D eigenvalue weighted by Crippen LogP contribution is 2.18. The maximum atomic E-state index is 13.6. The Bertz CT molecular complexity index is 448. The molecule has 0 atom stereocenters. The molecule has 1 aromatic rings. The average molecular weight is 258 g/mol. The third-order valence-corrected chi connectivity index (χ3v) is 2.64. The van der Waals surface area contributed by atoms with E-state index in [2.05, 4.69) is 0 Å². The molecule has 0 saturated carbocycles. The van der Waals surface area contributed by atoms with Crippen LogP contribution in [0.4, 0.5) is 13.2 Å². The van der Waals surface area contributed by atoms with Gasteiger partial charge in [0.25, 0.3) is 0 Å². The van der Waals surface area contributed by atoms with Gasteiger partial charge in [0.15, 0.2) is 11.6 Å². The molecule has 0 saturated heterocycles. The Balaban J connectivity index is 3.21. The van der Waals surface area contributed by atoms with Crippen LogP contribution in [0.15, 0.2) is 12.1 Å². The number of nitrogens with one attached hydrogen (secondary N) is 1. The zero-order valence-corrected chi connectivity index (χ0v) is 10.9. The van der Waals surface area contributed by atoms with Crippen LogP contribution in [0.2, 0.25) is 0 Å². The highest BCUT2D eigenvalue weighted by atomic mass is 19.2. The Morgan fingerprint density at radius 3 is 1.83 bits per heavy atom. The molecule has 100 valence electrons. The topological polar surface area (TPSA) is 27.1 Å². The lowest BCUT2D eigenvalue weighted by atomic mass is 10.1. The van der Waals surface area contributed by atoms with Crippen LogP contribution in [-0.4, -0.2) is 22.8 Å². The van der Waals surface area contributed by atoms with Gasteiger partial charge < -0.3 is 4.90 Å². The Labute approximate surface area is 105 Å². The molecule has 0 fully saturated rings. The zero-order valence-electron chi connectivity index (χ0n) is 10.9. The molecule has 0 heterocycles. The summed E-state index contributed by atoms with van der Waals surface area (Å²) < 4.78 is 39.6. The molecule has 0 aliphatic rings. The van der Waals surface area contributed by atoms with Crippen molar-refractivity contribution >= 4 is 5.84 Å². The molecular formula is C13H17F3N2. The number of hydrogen-bond acceptors (Lipinski definition) is 1. The molecule has 1 N–H and O–H groups in total. The standard InChI is InChI=1S/C13H17F3N2/c1-7(2)18(8(3)4)13(17)9-5-11(15)12(16)6-10(9)14/h5-8,17H,1-4H3. The maximum absolute atomic E-state index is 13.6. The van der Waals surface area contributed by atoms with E-state index < -0.39 is 17.5 Å². The van der Waals surface area contributed by atoms with Gasteiger partial charge in [0.05, 0.1) is 5.56 Å². The lowest BCUT2D eigenvalue weighted by Gasteiger charge is -2.33. The monoisotopic (exact) mass is 258 g/mol. The van der Waals surface area contributed by atoms with Crippen LogP contribution in [-0.2, 0) is 0 Å². The van der Waals surface area contributed by atoms with Gasteiger partial charge in [-0.25, -0.2) is 13.2 Å². The zero-order chi connectivity index (χ0) is 14.0. The summed E-state index contributed by atoms with van der Waals surface area (Å²) in [5.74, 6) is -3.46. The van der Waals surface area contributed by atoms with Crippen molar-refractivity contribution in [3.63, 3.8) is 0 Å². The van der Waals surface area contributed by atoms with Crippen LogP contribution in [0.3, 0.4) is 0 Å². The molecule has 18 heavy (non-hydrogen) atoms. The molecule has 5 heteroatoms. The first-order valence-corrected chi connectivity index (χ1v) is 5.77. The summed E-state index contributed by atoms with van der Waals surface area (Å²) >= 11 is 0. The van der Waals surface area contributed by atoms with Gasteiger partial charge in [-0.2, -0.15) is 0 Å². The van der Waals surface area contributed by atoms with Gasteiger partial charge in [-0.15, -0.1) is 0 Å². The first-order chi connectivity index (χ1) is 8.25. The molecule has 0 amide bonds. The van der Waals surface area contributed by atoms with E-state index in [1.807, 2.05) is 27.7 Å². The van der Waals surface area contributed by atoms with Crippen molar-refractivity contribution in [3.8, 4) is 0 Å². The highest BCUT2D eigenvalue weighted by Gasteiger charge is 2.22. The Morgan fingerprint density at radius 1 is 0.944 bits per heavy atom. The Kier molecular flexibility index (Phi) is 4.38. The molecule has 0 aliphatic heterocycles. The molecule has 0 aromatic heterocycles. The third-order valence-electron chi connectivity index (χ3n) is 2.64. The fourth-order valence-electron chi connectivity index (χ4n) is 1.96. The fourth-order valence-corrected chi connectivity index (χ4v) is 1.96. The molecule has 0 radical (unpaired) electrons. The third kappa shape index (κ3) is 2.83. The number of rotatable bonds is 3. The lowest BCUT2D eigenvalue weighted by molar-refractivity contribution is 0.290. The average Bonchev–Trinajstić information content (AvgIpc) is 2.22. The van der Waals surface area contributed by atoms with E-state index in [-0.39, 0.29) is 23.5 Å². The molecule has 0 aliphatic carbocycles. The smallest absolute Gasteiger partial charge is 0.161 e. The number of benzene rings is 1. The van der Waals surface area contributed by atoms with Crippen molar-refractivity contribution in [2.75, 3.05) is 0 Å². The van der Waals surface area contributed by atoms with Crippen LogP contribution < -0.4 is 0 Å². The fraction of sp³-hybridized carbons (Fsp3) is 0.462. The number of halogens is 3. The second kappa shape index (κ2) is 5.42. The molecule has 0 bridgehead atoms. The summed E-state index contributed by atoms with van der Waals surface area (Å²) in [6.45, 7) is 7.41. The van der Waals surface area contributed by atoms with Gasteiger partial charge in [-0.05, 0) is 33.8 Å². The summed E-state index contributed by atoms with van der Waals surface area (Å²) in [6, 6.07) is 1.12. The Hall–Kier alpha value is -1.52. The minimum absolute atomic E-state index is 0.0370. The molecule has 1 aromatic carbocycles. The number of amidine groups is 1. The van der Waals surface area contributed by atoms with Crippen LogP contribution in [0, 0.1) is 22.9 Å². The maximum Gasteiger partial charge on any atom is 0.161 e. The van der Waals surface area contributed by atoms with Gasteiger partial charge in [0.2, 0.25) is 0 Å². The number of nitrogens with zero attached hydrogens (tertiary/aromatic N) is 1. The molecule has 0 unspecified atom stereocenters. The summed E-state index contributed by atoms with van der Waals surface area (Å²) in [4.78, 5) is 1.63. The van der Waals surface area contributed by atoms with Gasteiger partial charge in [-0.1, -0.05) is 0 Å². The van der Waals surface area contributed by atoms with Crippen LogP contribution >= 0.6 is 0 Å². The second-order valence-corrected chi connectivity index (χ2v) is 4.69. The number of hydrogen-bond donors (Lipinski definition) is 1. The summed E-state index contributed by atoms with van der Waals surface area (Å²) in [6.07, 6.45) is 0. The first kappa shape index (κ1) is 14.5.